The Bertz CT molecular complexity index is 502. The molecule has 0 aromatic heterocycles. The fourth-order valence-electron chi connectivity index (χ4n) is 5.65. The van der Waals surface area contributed by atoms with Gasteiger partial charge in [-0.3, -0.25) is 14.5 Å². The molecule has 4 rings (SSSR count). The molecule has 5 nitrogen and oxygen atoms in total. The first-order chi connectivity index (χ1) is 11.6. The molecule has 25 heavy (non-hydrogen) atoms. The van der Waals surface area contributed by atoms with Crippen molar-refractivity contribution in [3.63, 3.8) is 0 Å². The van der Waals surface area contributed by atoms with Crippen LogP contribution < -0.4 is 10.6 Å². The third kappa shape index (κ3) is 4.36. The summed E-state index contributed by atoms with van der Waals surface area (Å²) in [4.78, 5) is 26.8. The molecule has 0 unspecified atom stereocenters. The molecule has 142 valence electrons. The fourth-order valence-corrected chi connectivity index (χ4v) is 5.65. The summed E-state index contributed by atoms with van der Waals surface area (Å²) in [5, 5.41) is 6.37. The molecular formula is C20H35N3O2. The van der Waals surface area contributed by atoms with Gasteiger partial charge < -0.3 is 10.6 Å². The molecule has 0 saturated heterocycles. The van der Waals surface area contributed by atoms with E-state index in [0.29, 0.717) is 0 Å². The monoisotopic (exact) mass is 349 g/mol. The number of carbonyl (C=O) groups excluding carboxylic acids is 2. The SMILES string of the molecule is C[C@@H](C(=O)NC12CC3CC(CC(C3)C1)C2)N(C)CC(=O)NC(C)(C)C. The van der Waals surface area contributed by atoms with Crippen molar-refractivity contribution < 1.29 is 9.59 Å². The van der Waals surface area contributed by atoms with E-state index in [2.05, 4.69) is 10.6 Å². The molecule has 2 N–H and O–H groups in total. The van der Waals surface area contributed by atoms with Gasteiger partial charge in [0.15, 0.2) is 0 Å². The van der Waals surface area contributed by atoms with Crippen molar-refractivity contribution in [2.45, 2.75) is 83.3 Å². The normalized spacial score (nSPS) is 34.9. The molecular weight excluding hydrogens is 314 g/mol. The lowest BCUT2D eigenvalue weighted by Gasteiger charge is -2.57. The van der Waals surface area contributed by atoms with Crippen LogP contribution in [-0.2, 0) is 9.59 Å². The van der Waals surface area contributed by atoms with Crippen LogP contribution >= 0.6 is 0 Å². The van der Waals surface area contributed by atoms with Gasteiger partial charge in [-0.05, 0) is 91.0 Å². The van der Waals surface area contributed by atoms with E-state index in [4.69, 9.17) is 0 Å². The van der Waals surface area contributed by atoms with Crippen molar-refractivity contribution in [3.05, 3.63) is 0 Å². The van der Waals surface area contributed by atoms with Gasteiger partial charge in [-0.1, -0.05) is 0 Å². The van der Waals surface area contributed by atoms with Crippen molar-refractivity contribution in [2.24, 2.45) is 17.8 Å². The van der Waals surface area contributed by atoms with Crippen molar-refractivity contribution in [1.82, 2.24) is 15.5 Å². The Morgan fingerprint density at radius 3 is 2.00 bits per heavy atom. The van der Waals surface area contributed by atoms with Gasteiger partial charge in [-0.25, -0.2) is 0 Å². The molecule has 2 amide bonds. The van der Waals surface area contributed by atoms with E-state index >= 15 is 0 Å². The molecule has 0 radical (unpaired) electrons. The number of amides is 2. The van der Waals surface area contributed by atoms with Gasteiger partial charge >= 0.3 is 0 Å². The standard InChI is InChI=1S/C20H35N3O2/c1-13(23(5)12-17(24)21-19(2,3)4)18(25)22-20-9-14-6-15(10-20)8-16(7-14)11-20/h13-16H,6-12H2,1-5H3,(H,21,24)(H,22,25)/t13-,14?,15?,16?,20?/m0/s1. The molecule has 0 aliphatic heterocycles. The molecule has 1 atom stereocenters. The largest absolute Gasteiger partial charge is 0.350 e. The summed E-state index contributed by atoms with van der Waals surface area (Å²) >= 11 is 0. The third-order valence-electron chi connectivity index (χ3n) is 6.37. The smallest absolute Gasteiger partial charge is 0.237 e. The summed E-state index contributed by atoms with van der Waals surface area (Å²) in [6.45, 7) is 8.04. The Balaban J connectivity index is 1.55. The Hall–Kier alpha value is -1.10. The zero-order valence-corrected chi connectivity index (χ0v) is 16.5. The zero-order valence-electron chi connectivity index (χ0n) is 16.5. The van der Waals surface area contributed by atoms with E-state index < -0.39 is 0 Å². The second kappa shape index (κ2) is 6.57. The highest BCUT2D eigenvalue weighted by atomic mass is 16.2. The lowest BCUT2D eigenvalue weighted by atomic mass is 9.53. The quantitative estimate of drug-likeness (QED) is 0.801. The van der Waals surface area contributed by atoms with Crippen LogP contribution in [0.2, 0.25) is 0 Å². The topological polar surface area (TPSA) is 61.4 Å². The maximum absolute atomic E-state index is 12.9. The molecule has 0 heterocycles. The van der Waals surface area contributed by atoms with Gasteiger partial charge in [-0.2, -0.15) is 0 Å². The zero-order chi connectivity index (χ0) is 18.4. The Morgan fingerprint density at radius 1 is 1.08 bits per heavy atom. The first kappa shape index (κ1) is 18.7. The van der Waals surface area contributed by atoms with Crippen molar-refractivity contribution in [1.29, 1.82) is 0 Å². The van der Waals surface area contributed by atoms with Crippen LogP contribution in [-0.4, -0.2) is 47.4 Å². The second-order valence-corrected chi connectivity index (χ2v) is 10.1. The minimum absolute atomic E-state index is 0.0363. The average Bonchev–Trinajstić information content (AvgIpc) is 2.41. The Labute approximate surface area is 152 Å². The van der Waals surface area contributed by atoms with Gasteiger partial charge in [0, 0.05) is 11.1 Å². The maximum Gasteiger partial charge on any atom is 0.237 e. The van der Waals surface area contributed by atoms with Gasteiger partial charge in [-0.15, -0.1) is 0 Å². The van der Waals surface area contributed by atoms with Crippen LogP contribution in [0.4, 0.5) is 0 Å². The first-order valence-corrected chi connectivity index (χ1v) is 9.88. The molecule has 4 bridgehead atoms. The number of hydrogen-bond acceptors (Lipinski definition) is 3. The summed E-state index contributed by atoms with van der Waals surface area (Å²) in [6.07, 6.45) is 7.59. The number of nitrogens with zero attached hydrogens (tertiary/aromatic N) is 1. The van der Waals surface area contributed by atoms with E-state index in [1.54, 1.807) is 0 Å². The van der Waals surface area contributed by atoms with Crippen LogP contribution in [0.15, 0.2) is 0 Å². The van der Waals surface area contributed by atoms with Gasteiger partial charge in [0.2, 0.25) is 11.8 Å². The number of carbonyl (C=O) groups is 2. The molecule has 4 fully saturated rings. The van der Waals surface area contributed by atoms with E-state index in [1.165, 1.54) is 19.3 Å². The fraction of sp³-hybridized carbons (Fsp3) is 0.900. The third-order valence-corrected chi connectivity index (χ3v) is 6.37. The Kier molecular flexibility index (Phi) is 4.91. The molecule has 4 saturated carbocycles. The molecule has 0 aromatic carbocycles. The summed E-state index contributed by atoms with van der Waals surface area (Å²) < 4.78 is 0. The lowest BCUT2D eigenvalue weighted by Crippen LogP contribution is -2.62. The van der Waals surface area contributed by atoms with E-state index in [1.807, 2.05) is 39.6 Å². The molecule has 0 aromatic rings. The summed E-state index contributed by atoms with van der Waals surface area (Å²) in [6, 6.07) is -0.293. The van der Waals surface area contributed by atoms with Crippen LogP contribution in [0, 0.1) is 17.8 Å². The number of rotatable bonds is 5. The van der Waals surface area contributed by atoms with Crippen molar-refractivity contribution in [3.8, 4) is 0 Å². The average molecular weight is 350 g/mol. The second-order valence-electron chi connectivity index (χ2n) is 10.1. The van der Waals surface area contributed by atoms with Crippen LogP contribution in [0.25, 0.3) is 0 Å². The maximum atomic E-state index is 12.9. The minimum Gasteiger partial charge on any atom is -0.350 e. The van der Waals surface area contributed by atoms with Crippen LogP contribution in [0.1, 0.15) is 66.2 Å². The highest BCUT2D eigenvalue weighted by Gasteiger charge is 2.51. The Morgan fingerprint density at radius 2 is 1.56 bits per heavy atom. The number of likely N-dealkylation sites (N-methyl/N-ethyl adjacent to an activating group) is 1. The van der Waals surface area contributed by atoms with Crippen LogP contribution in [0.3, 0.4) is 0 Å². The van der Waals surface area contributed by atoms with Crippen molar-refractivity contribution >= 4 is 11.8 Å². The van der Waals surface area contributed by atoms with E-state index in [0.717, 1.165) is 37.0 Å². The molecule has 4 aliphatic carbocycles. The van der Waals surface area contributed by atoms with Gasteiger partial charge in [0.1, 0.15) is 0 Å². The van der Waals surface area contributed by atoms with Gasteiger partial charge in [0.05, 0.1) is 12.6 Å². The molecule has 5 heteroatoms. The van der Waals surface area contributed by atoms with Crippen LogP contribution in [0.5, 0.6) is 0 Å². The first-order valence-electron chi connectivity index (χ1n) is 9.88. The molecule has 4 aliphatic rings. The summed E-state index contributed by atoms with van der Waals surface area (Å²) in [7, 11) is 1.85. The van der Waals surface area contributed by atoms with Crippen molar-refractivity contribution in [2.75, 3.05) is 13.6 Å². The summed E-state index contributed by atoms with van der Waals surface area (Å²) in [5.41, 5.74) is -0.211. The summed E-state index contributed by atoms with van der Waals surface area (Å²) in [5.74, 6) is 2.49. The minimum atomic E-state index is -0.293. The predicted molar refractivity (Wildman–Crippen MR) is 99.0 cm³/mol. The molecule has 0 spiro atoms. The number of hydrogen-bond donors (Lipinski definition) is 2. The van der Waals surface area contributed by atoms with Gasteiger partial charge in [0.25, 0.3) is 0 Å². The highest BCUT2D eigenvalue weighted by Crippen LogP contribution is 2.55. The highest BCUT2D eigenvalue weighted by molar-refractivity contribution is 5.84. The lowest BCUT2D eigenvalue weighted by molar-refractivity contribution is -0.132. The number of nitrogens with one attached hydrogen (secondary N) is 2. The van der Waals surface area contributed by atoms with E-state index in [-0.39, 0.29) is 35.5 Å². The van der Waals surface area contributed by atoms with E-state index in [9.17, 15) is 9.59 Å². The predicted octanol–water partition coefficient (Wildman–Crippen LogP) is 2.31.